The van der Waals surface area contributed by atoms with Gasteiger partial charge in [-0.1, -0.05) is 48.9 Å². The van der Waals surface area contributed by atoms with Gasteiger partial charge in [-0.2, -0.15) is 22.0 Å². The molecule has 5 aliphatic rings. The molecule has 5 atom stereocenters. The molecule has 1 N–H and O–H groups in total. The number of nitrogens with zero attached hydrogens (tertiary/aromatic N) is 1. The Labute approximate surface area is 259 Å². The molecule has 1 amide bonds. The topological polar surface area (TPSA) is 57.6 Å². The Morgan fingerprint density at radius 3 is 2.36 bits per heavy atom. The van der Waals surface area contributed by atoms with Crippen molar-refractivity contribution in [2.24, 2.45) is 17.3 Å². The second-order valence-electron chi connectivity index (χ2n) is 13.8. The van der Waals surface area contributed by atoms with Crippen LogP contribution in [0.4, 0.5) is 22.0 Å². The van der Waals surface area contributed by atoms with Crippen molar-refractivity contribution in [2.75, 3.05) is 6.54 Å². The molecule has 238 valence electrons. The van der Waals surface area contributed by atoms with E-state index in [0.29, 0.717) is 31.5 Å². The molecule has 9 heteroatoms. The summed E-state index contributed by atoms with van der Waals surface area (Å²) in [6, 6.07) is 15.4. The van der Waals surface area contributed by atoms with E-state index in [-0.39, 0.29) is 49.2 Å². The second-order valence-corrected chi connectivity index (χ2v) is 13.8. The summed E-state index contributed by atoms with van der Waals surface area (Å²) >= 11 is 0. The number of aliphatic hydroxyl groups is 1. The lowest BCUT2D eigenvalue weighted by molar-refractivity contribution is -0.362. The SMILES string of the molecule is C[C@]12CCC3=C4C(=CC(=O)CC4c4ccc(C(=O)N5CCc6ccccc6C5)cc4)CC[C@H]3[C@@H]1CCC2(O)C(F)(F)C(F)(F)F. The maximum atomic E-state index is 14.9. The number of fused-ring (bicyclic) bond motifs is 5. The van der Waals surface area contributed by atoms with Crippen LogP contribution in [0.1, 0.15) is 84.8 Å². The molecule has 1 heterocycles. The number of benzene rings is 2. The van der Waals surface area contributed by atoms with Gasteiger partial charge in [0.05, 0.1) is 0 Å². The number of hydrogen-bond donors (Lipinski definition) is 1. The van der Waals surface area contributed by atoms with E-state index in [1.807, 2.05) is 35.2 Å². The van der Waals surface area contributed by atoms with Crippen LogP contribution in [0.2, 0.25) is 0 Å². The number of rotatable bonds is 3. The molecule has 4 nitrogen and oxygen atoms in total. The average molecular weight is 626 g/mol. The Balaban J connectivity index is 1.18. The molecule has 0 spiro atoms. The van der Waals surface area contributed by atoms with Crippen LogP contribution in [-0.4, -0.2) is 45.9 Å². The molecule has 0 aromatic heterocycles. The summed E-state index contributed by atoms with van der Waals surface area (Å²) in [6.07, 6.45) is -2.31. The van der Waals surface area contributed by atoms with Gasteiger partial charge in [-0.05, 0) is 103 Å². The van der Waals surface area contributed by atoms with Crippen LogP contribution < -0.4 is 0 Å². The molecule has 2 unspecified atom stereocenters. The maximum Gasteiger partial charge on any atom is 0.456 e. The highest BCUT2D eigenvalue weighted by Crippen LogP contribution is 2.68. The zero-order chi connectivity index (χ0) is 31.9. The van der Waals surface area contributed by atoms with Crippen LogP contribution in [0.25, 0.3) is 0 Å². The minimum atomic E-state index is -5.85. The maximum absolute atomic E-state index is 14.9. The van der Waals surface area contributed by atoms with Crippen molar-refractivity contribution in [3.8, 4) is 0 Å². The molecule has 1 aliphatic heterocycles. The van der Waals surface area contributed by atoms with Crippen molar-refractivity contribution >= 4 is 11.7 Å². The lowest BCUT2D eigenvalue weighted by Gasteiger charge is -2.53. The number of allylic oxidation sites excluding steroid dienone is 4. The lowest BCUT2D eigenvalue weighted by Crippen LogP contribution is -2.64. The first-order valence-corrected chi connectivity index (χ1v) is 15.8. The Kier molecular flexibility index (Phi) is 6.97. The number of carbonyl (C=O) groups is 2. The van der Waals surface area contributed by atoms with E-state index in [1.54, 1.807) is 18.2 Å². The summed E-state index contributed by atoms with van der Waals surface area (Å²) in [5.74, 6) is -6.35. The Morgan fingerprint density at radius 2 is 1.64 bits per heavy atom. The number of halogens is 5. The highest BCUT2D eigenvalue weighted by atomic mass is 19.4. The van der Waals surface area contributed by atoms with Gasteiger partial charge in [0.25, 0.3) is 5.91 Å². The largest absolute Gasteiger partial charge is 0.456 e. The minimum Gasteiger partial charge on any atom is -0.383 e. The number of ketones is 1. The van der Waals surface area contributed by atoms with Crippen molar-refractivity contribution in [1.82, 2.24) is 4.90 Å². The summed E-state index contributed by atoms with van der Waals surface area (Å²) in [7, 11) is 0. The van der Waals surface area contributed by atoms with Gasteiger partial charge >= 0.3 is 12.1 Å². The molecule has 0 radical (unpaired) electrons. The van der Waals surface area contributed by atoms with Crippen LogP contribution in [-0.2, 0) is 17.8 Å². The fraction of sp³-hybridized carbons (Fsp3) is 0.500. The van der Waals surface area contributed by atoms with Crippen molar-refractivity contribution < 1.29 is 36.6 Å². The first-order valence-electron chi connectivity index (χ1n) is 15.8. The zero-order valence-electron chi connectivity index (χ0n) is 25.1. The van der Waals surface area contributed by atoms with Gasteiger partial charge in [-0.15, -0.1) is 0 Å². The smallest absolute Gasteiger partial charge is 0.383 e. The van der Waals surface area contributed by atoms with E-state index in [4.69, 9.17) is 0 Å². The molecular formula is C36H36F5NO3. The first kappa shape index (κ1) is 30.3. The third-order valence-electron chi connectivity index (χ3n) is 11.8. The summed E-state index contributed by atoms with van der Waals surface area (Å²) in [5.41, 5.74) is 1.98. The molecular weight excluding hydrogens is 589 g/mol. The molecule has 4 aliphatic carbocycles. The fourth-order valence-corrected chi connectivity index (χ4v) is 9.40. The van der Waals surface area contributed by atoms with Gasteiger partial charge < -0.3 is 10.0 Å². The van der Waals surface area contributed by atoms with Crippen LogP contribution >= 0.6 is 0 Å². The predicted octanol–water partition coefficient (Wildman–Crippen LogP) is 7.71. The molecule has 2 fully saturated rings. The molecule has 2 aromatic rings. The second kappa shape index (κ2) is 10.3. The third-order valence-corrected chi connectivity index (χ3v) is 11.8. The summed E-state index contributed by atoms with van der Waals surface area (Å²) in [6.45, 7) is 2.59. The van der Waals surface area contributed by atoms with Crippen LogP contribution in [0.3, 0.4) is 0 Å². The summed E-state index contributed by atoms with van der Waals surface area (Å²) < 4.78 is 70.4. The third kappa shape index (κ3) is 4.47. The van der Waals surface area contributed by atoms with Crippen molar-refractivity contribution in [3.63, 3.8) is 0 Å². The van der Waals surface area contributed by atoms with Gasteiger partial charge in [-0.25, -0.2) is 0 Å². The number of amides is 1. The number of hydrogen-bond acceptors (Lipinski definition) is 3. The Bertz CT molecular complexity index is 1630. The predicted molar refractivity (Wildman–Crippen MR) is 158 cm³/mol. The molecule has 2 aromatic carbocycles. The summed E-state index contributed by atoms with van der Waals surface area (Å²) in [4.78, 5) is 28.1. The van der Waals surface area contributed by atoms with Gasteiger partial charge in [0, 0.05) is 36.4 Å². The van der Waals surface area contributed by atoms with E-state index in [0.717, 1.165) is 34.3 Å². The van der Waals surface area contributed by atoms with Crippen molar-refractivity contribution in [3.05, 3.63) is 93.6 Å². The van der Waals surface area contributed by atoms with Gasteiger partial charge in [0.15, 0.2) is 5.78 Å². The van der Waals surface area contributed by atoms with E-state index in [2.05, 4.69) is 6.07 Å². The van der Waals surface area contributed by atoms with Gasteiger partial charge in [0.2, 0.25) is 0 Å². The minimum absolute atomic E-state index is 0.00866. The molecule has 45 heavy (non-hydrogen) atoms. The highest BCUT2D eigenvalue weighted by molar-refractivity contribution is 5.95. The first-order chi connectivity index (χ1) is 21.2. The fourth-order valence-electron chi connectivity index (χ4n) is 9.40. The molecule has 7 rings (SSSR count). The van der Waals surface area contributed by atoms with E-state index >= 15 is 0 Å². The Hall–Kier alpha value is -3.33. The molecule has 0 bridgehead atoms. The number of carbonyl (C=O) groups excluding carboxylic acids is 2. The normalized spacial score (nSPS) is 31.5. The van der Waals surface area contributed by atoms with E-state index in [1.165, 1.54) is 12.5 Å². The van der Waals surface area contributed by atoms with E-state index in [9.17, 15) is 36.6 Å². The monoisotopic (exact) mass is 625 g/mol. The molecule has 0 saturated heterocycles. The van der Waals surface area contributed by atoms with Gasteiger partial charge in [0.1, 0.15) is 5.60 Å². The number of alkyl halides is 5. The van der Waals surface area contributed by atoms with Crippen LogP contribution in [0.15, 0.2) is 71.3 Å². The van der Waals surface area contributed by atoms with Gasteiger partial charge in [-0.3, -0.25) is 9.59 Å². The van der Waals surface area contributed by atoms with Crippen LogP contribution in [0, 0.1) is 17.3 Å². The Morgan fingerprint density at radius 1 is 0.933 bits per heavy atom. The zero-order valence-corrected chi connectivity index (χ0v) is 25.1. The molecule has 2 saturated carbocycles. The summed E-state index contributed by atoms with van der Waals surface area (Å²) in [5, 5.41) is 11.1. The lowest BCUT2D eigenvalue weighted by atomic mass is 9.53. The quantitative estimate of drug-likeness (QED) is 0.356. The average Bonchev–Trinajstić information content (AvgIpc) is 3.31. The van der Waals surface area contributed by atoms with Crippen LogP contribution in [0.5, 0.6) is 0 Å². The van der Waals surface area contributed by atoms with E-state index < -0.39 is 35.5 Å². The van der Waals surface area contributed by atoms with Crippen molar-refractivity contribution in [1.29, 1.82) is 0 Å². The standard InChI is InChI=1S/C36H36F5NO3/c1-33-15-12-28-27(30(33)13-16-34(33,45)35(37,38)36(39,40)41)11-10-24-18-26(43)19-29(31(24)28)22-6-8-23(9-7-22)32(44)42-17-14-21-4-2-3-5-25(21)20-42/h2-9,18,27,29-30,45H,10-17,19-20H2,1H3/t27-,29?,30+,33+,34?/m1/s1. The van der Waals surface area contributed by atoms with Crippen molar-refractivity contribution in [2.45, 2.75) is 88.5 Å². The highest BCUT2D eigenvalue weighted by Gasteiger charge is 2.78.